The molecule has 1 aliphatic rings. The molecule has 2 aromatic rings. The summed E-state index contributed by atoms with van der Waals surface area (Å²) < 4.78 is 19.7. The topological polar surface area (TPSA) is 12.5 Å². The molecule has 2 nitrogen and oxygen atoms in total. The third kappa shape index (κ3) is 3.43. The lowest BCUT2D eigenvalue weighted by molar-refractivity contribution is -0.00139. The summed E-state index contributed by atoms with van der Waals surface area (Å²) in [5, 5.41) is 0. The van der Waals surface area contributed by atoms with Gasteiger partial charge in [0.1, 0.15) is 5.82 Å². The monoisotopic (exact) mass is 297 g/mol. The van der Waals surface area contributed by atoms with Crippen LogP contribution < -0.4 is 0 Å². The zero-order valence-corrected chi connectivity index (χ0v) is 12.5. The first kappa shape index (κ1) is 14.9. The van der Waals surface area contributed by atoms with Crippen molar-refractivity contribution in [1.82, 2.24) is 4.90 Å². The fourth-order valence-electron chi connectivity index (χ4n) is 2.79. The molecule has 114 valence electrons. The van der Waals surface area contributed by atoms with Gasteiger partial charge in [-0.1, -0.05) is 55.1 Å². The van der Waals surface area contributed by atoms with Gasteiger partial charge in [0, 0.05) is 25.2 Å². The van der Waals surface area contributed by atoms with E-state index >= 15 is 0 Å². The fraction of sp³-hybridized carbons (Fsp3) is 0.263. The third-order valence-electron chi connectivity index (χ3n) is 4.01. The van der Waals surface area contributed by atoms with Crippen molar-refractivity contribution in [2.75, 3.05) is 19.7 Å². The van der Waals surface area contributed by atoms with E-state index < -0.39 is 0 Å². The highest BCUT2D eigenvalue weighted by molar-refractivity contribution is 5.67. The predicted octanol–water partition coefficient (Wildman–Crippen LogP) is 3.74. The molecule has 1 saturated heterocycles. The summed E-state index contributed by atoms with van der Waals surface area (Å²) >= 11 is 0. The Balaban J connectivity index is 1.68. The van der Waals surface area contributed by atoms with Gasteiger partial charge < -0.3 is 4.74 Å². The minimum Gasteiger partial charge on any atom is -0.371 e. The van der Waals surface area contributed by atoms with Crippen molar-refractivity contribution in [3.8, 4) is 0 Å². The van der Waals surface area contributed by atoms with Crippen molar-refractivity contribution < 1.29 is 9.13 Å². The van der Waals surface area contributed by atoms with Crippen molar-refractivity contribution in [1.29, 1.82) is 0 Å². The maximum atomic E-state index is 13.9. The number of hydrogen-bond acceptors (Lipinski definition) is 2. The molecule has 1 atom stereocenters. The van der Waals surface area contributed by atoms with Crippen LogP contribution in [0.25, 0.3) is 5.57 Å². The summed E-state index contributed by atoms with van der Waals surface area (Å²) in [6.45, 7) is 7.21. The van der Waals surface area contributed by atoms with Gasteiger partial charge in [0.25, 0.3) is 0 Å². The number of benzene rings is 2. The Kier molecular flexibility index (Phi) is 4.66. The van der Waals surface area contributed by atoms with Crippen LogP contribution in [0.5, 0.6) is 0 Å². The molecule has 2 aromatic carbocycles. The molecule has 3 rings (SSSR count). The molecule has 0 aromatic heterocycles. The Morgan fingerprint density at radius 3 is 2.64 bits per heavy atom. The molecule has 0 amide bonds. The van der Waals surface area contributed by atoms with E-state index in [-0.39, 0.29) is 11.9 Å². The lowest BCUT2D eigenvalue weighted by atomic mass is 10.00. The van der Waals surface area contributed by atoms with E-state index in [9.17, 15) is 4.39 Å². The zero-order chi connectivity index (χ0) is 15.4. The van der Waals surface area contributed by atoms with Gasteiger partial charge in [-0.05, 0) is 17.2 Å². The second-order valence-electron chi connectivity index (χ2n) is 5.59. The number of morpholine rings is 1. The largest absolute Gasteiger partial charge is 0.371 e. The lowest BCUT2D eigenvalue weighted by Gasteiger charge is -2.34. The molecule has 0 unspecified atom stereocenters. The Morgan fingerprint density at radius 1 is 1.14 bits per heavy atom. The zero-order valence-electron chi connectivity index (χ0n) is 12.5. The Bertz CT molecular complexity index is 641. The number of halogens is 1. The van der Waals surface area contributed by atoms with Gasteiger partial charge in [-0.15, -0.1) is 0 Å². The van der Waals surface area contributed by atoms with E-state index in [2.05, 4.69) is 23.6 Å². The standard InChI is InChI=1S/C19H20FNO/c1-15(17-9-5-6-10-18(17)20)19-14-21(11-12-22-19)13-16-7-3-2-4-8-16/h2-10,19H,1,11-14H2/t19-/m1/s1. The van der Waals surface area contributed by atoms with Crippen LogP contribution in [0, 0.1) is 5.82 Å². The van der Waals surface area contributed by atoms with Crippen molar-refractivity contribution in [2.45, 2.75) is 12.6 Å². The summed E-state index contributed by atoms with van der Waals surface area (Å²) in [5.41, 5.74) is 2.55. The number of ether oxygens (including phenoxy) is 1. The summed E-state index contributed by atoms with van der Waals surface area (Å²) in [6.07, 6.45) is -0.158. The molecule has 1 heterocycles. The maximum absolute atomic E-state index is 13.9. The fourth-order valence-corrected chi connectivity index (χ4v) is 2.79. The minimum absolute atomic E-state index is 0.158. The normalized spacial score (nSPS) is 19.0. The Hall–Kier alpha value is -1.97. The van der Waals surface area contributed by atoms with E-state index in [4.69, 9.17) is 4.74 Å². The highest BCUT2D eigenvalue weighted by Crippen LogP contribution is 2.24. The molecular formula is C19H20FNO. The van der Waals surface area contributed by atoms with Crippen molar-refractivity contribution in [2.24, 2.45) is 0 Å². The van der Waals surface area contributed by atoms with Gasteiger partial charge in [-0.25, -0.2) is 4.39 Å². The van der Waals surface area contributed by atoms with E-state index in [1.54, 1.807) is 12.1 Å². The summed E-state index contributed by atoms with van der Waals surface area (Å²) in [5.74, 6) is -0.240. The second kappa shape index (κ2) is 6.86. The molecule has 0 radical (unpaired) electrons. The summed E-state index contributed by atoms with van der Waals surface area (Å²) in [4.78, 5) is 2.33. The van der Waals surface area contributed by atoms with Gasteiger partial charge >= 0.3 is 0 Å². The van der Waals surface area contributed by atoms with Crippen molar-refractivity contribution in [3.63, 3.8) is 0 Å². The highest BCUT2D eigenvalue weighted by Gasteiger charge is 2.24. The molecule has 3 heteroatoms. The lowest BCUT2D eigenvalue weighted by Crippen LogP contribution is -2.42. The van der Waals surface area contributed by atoms with Gasteiger partial charge in [0.05, 0.1) is 12.7 Å². The van der Waals surface area contributed by atoms with E-state index in [0.29, 0.717) is 12.2 Å². The van der Waals surface area contributed by atoms with E-state index in [0.717, 1.165) is 25.2 Å². The molecule has 1 fully saturated rings. The van der Waals surface area contributed by atoms with E-state index in [1.165, 1.54) is 11.6 Å². The molecule has 0 bridgehead atoms. The Morgan fingerprint density at radius 2 is 1.86 bits per heavy atom. The van der Waals surface area contributed by atoms with Crippen LogP contribution in [0.15, 0.2) is 61.2 Å². The second-order valence-corrected chi connectivity index (χ2v) is 5.59. The quantitative estimate of drug-likeness (QED) is 0.852. The first-order valence-electron chi connectivity index (χ1n) is 7.55. The van der Waals surface area contributed by atoms with Gasteiger partial charge in [0.2, 0.25) is 0 Å². The first-order valence-corrected chi connectivity index (χ1v) is 7.55. The van der Waals surface area contributed by atoms with Crippen LogP contribution in [0.4, 0.5) is 4.39 Å². The first-order chi connectivity index (χ1) is 10.7. The summed E-state index contributed by atoms with van der Waals surface area (Å²) in [7, 11) is 0. The van der Waals surface area contributed by atoms with E-state index in [1.807, 2.05) is 24.3 Å². The van der Waals surface area contributed by atoms with Crippen LogP contribution >= 0.6 is 0 Å². The average Bonchev–Trinajstić information content (AvgIpc) is 2.56. The SMILES string of the molecule is C=C(c1ccccc1F)[C@H]1CN(Cc2ccccc2)CCO1. The number of hydrogen-bond donors (Lipinski definition) is 0. The predicted molar refractivity (Wildman–Crippen MR) is 86.9 cm³/mol. The Labute approximate surface area is 130 Å². The van der Waals surface area contributed by atoms with Crippen LogP contribution in [0.1, 0.15) is 11.1 Å². The van der Waals surface area contributed by atoms with Crippen LogP contribution in [-0.2, 0) is 11.3 Å². The van der Waals surface area contributed by atoms with Crippen molar-refractivity contribution >= 4 is 5.57 Å². The molecule has 22 heavy (non-hydrogen) atoms. The average molecular weight is 297 g/mol. The van der Waals surface area contributed by atoms with Crippen molar-refractivity contribution in [3.05, 3.63) is 78.1 Å². The third-order valence-corrected chi connectivity index (χ3v) is 4.01. The van der Waals surface area contributed by atoms with Gasteiger partial charge in [-0.3, -0.25) is 4.90 Å². The minimum atomic E-state index is -0.240. The molecular weight excluding hydrogens is 277 g/mol. The van der Waals surface area contributed by atoms with Gasteiger partial charge in [-0.2, -0.15) is 0 Å². The van der Waals surface area contributed by atoms with Crippen LogP contribution in [0.2, 0.25) is 0 Å². The number of nitrogens with zero attached hydrogens (tertiary/aromatic N) is 1. The summed E-state index contributed by atoms with van der Waals surface area (Å²) in [6, 6.07) is 17.1. The molecule has 0 N–H and O–H groups in total. The van der Waals surface area contributed by atoms with Gasteiger partial charge in [0.15, 0.2) is 0 Å². The smallest absolute Gasteiger partial charge is 0.130 e. The molecule has 0 aliphatic carbocycles. The molecule has 0 saturated carbocycles. The van der Waals surface area contributed by atoms with Crippen LogP contribution in [-0.4, -0.2) is 30.7 Å². The highest BCUT2D eigenvalue weighted by atomic mass is 19.1. The molecule has 1 aliphatic heterocycles. The van der Waals surface area contributed by atoms with Crippen LogP contribution in [0.3, 0.4) is 0 Å². The molecule has 0 spiro atoms. The maximum Gasteiger partial charge on any atom is 0.130 e. The number of rotatable bonds is 4.